The number of nitrogens with zero attached hydrogens (tertiary/aromatic N) is 3. The van der Waals surface area contributed by atoms with Gasteiger partial charge >= 0.3 is 0 Å². The minimum atomic E-state index is 0.479. The molecule has 0 radical (unpaired) electrons. The maximum absolute atomic E-state index is 4.55. The maximum Gasteiger partial charge on any atom is 0.0703 e. The molecule has 2 rings (SSSR count). The molecular formula is C16H24N4. The molecule has 2 aromatic rings. The van der Waals surface area contributed by atoms with Gasteiger partial charge in [-0.15, -0.1) is 0 Å². The van der Waals surface area contributed by atoms with Gasteiger partial charge in [-0.3, -0.25) is 9.67 Å². The van der Waals surface area contributed by atoms with Gasteiger partial charge in [0.1, 0.15) is 0 Å². The molecule has 4 heteroatoms. The van der Waals surface area contributed by atoms with Gasteiger partial charge in [0.25, 0.3) is 0 Å². The molecule has 0 unspecified atom stereocenters. The van der Waals surface area contributed by atoms with Crippen LogP contribution >= 0.6 is 0 Å². The van der Waals surface area contributed by atoms with Gasteiger partial charge in [0, 0.05) is 49.4 Å². The predicted molar refractivity (Wildman–Crippen MR) is 82.4 cm³/mol. The number of aromatic nitrogens is 3. The van der Waals surface area contributed by atoms with Crippen LogP contribution in [-0.4, -0.2) is 20.8 Å². The zero-order valence-corrected chi connectivity index (χ0v) is 12.8. The molecule has 0 saturated heterocycles. The van der Waals surface area contributed by atoms with E-state index in [-0.39, 0.29) is 0 Å². The van der Waals surface area contributed by atoms with Gasteiger partial charge in [-0.05, 0) is 18.1 Å². The van der Waals surface area contributed by atoms with Crippen LogP contribution in [0.4, 0.5) is 0 Å². The predicted octanol–water partition coefficient (Wildman–Crippen LogP) is 2.93. The molecule has 20 heavy (non-hydrogen) atoms. The molecule has 1 N–H and O–H groups in total. The first-order valence-corrected chi connectivity index (χ1v) is 7.30. The molecule has 2 aromatic heterocycles. The van der Waals surface area contributed by atoms with Crippen molar-refractivity contribution in [1.82, 2.24) is 20.1 Å². The summed E-state index contributed by atoms with van der Waals surface area (Å²) in [6, 6.07) is 2.69. The lowest BCUT2D eigenvalue weighted by atomic mass is 10.0. The standard InChI is InChI=1S/C16H24N4/c1-5-6-16-15(11-20(4)19-16)14-7-13(8-17-10-14)9-18-12(2)3/h7-8,10-12,18H,5-6,9H2,1-4H3. The van der Waals surface area contributed by atoms with Crippen molar-refractivity contribution in [3.8, 4) is 11.1 Å². The van der Waals surface area contributed by atoms with Crippen LogP contribution < -0.4 is 5.32 Å². The Morgan fingerprint density at radius 1 is 1.30 bits per heavy atom. The first kappa shape index (κ1) is 14.7. The first-order valence-electron chi connectivity index (χ1n) is 7.30. The first-order chi connectivity index (χ1) is 9.60. The van der Waals surface area contributed by atoms with Crippen molar-refractivity contribution in [2.75, 3.05) is 0 Å². The Balaban J connectivity index is 2.26. The summed E-state index contributed by atoms with van der Waals surface area (Å²) in [5, 5.41) is 7.98. The molecule has 0 aliphatic rings. The van der Waals surface area contributed by atoms with E-state index in [9.17, 15) is 0 Å². The van der Waals surface area contributed by atoms with Crippen LogP contribution in [0.1, 0.15) is 38.4 Å². The second-order valence-electron chi connectivity index (χ2n) is 5.53. The number of nitrogens with one attached hydrogen (secondary N) is 1. The van der Waals surface area contributed by atoms with Crippen LogP contribution in [-0.2, 0) is 20.0 Å². The lowest BCUT2D eigenvalue weighted by molar-refractivity contribution is 0.588. The minimum Gasteiger partial charge on any atom is -0.310 e. The largest absolute Gasteiger partial charge is 0.310 e. The number of aryl methyl sites for hydroxylation is 2. The molecule has 0 amide bonds. The Morgan fingerprint density at radius 2 is 2.10 bits per heavy atom. The molecule has 2 heterocycles. The monoisotopic (exact) mass is 272 g/mol. The fraction of sp³-hybridized carbons (Fsp3) is 0.500. The molecule has 0 aliphatic heterocycles. The average molecular weight is 272 g/mol. The van der Waals surface area contributed by atoms with Gasteiger partial charge in [-0.1, -0.05) is 27.2 Å². The van der Waals surface area contributed by atoms with E-state index in [0.29, 0.717) is 6.04 Å². The highest BCUT2D eigenvalue weighted by atomic mass is 15.2. The van der Waals surface area contributed by atoms with E-state index >= 15 is 0 Å². The minimum absolute atomic E-state index is 0.479. The van der Waals surface area contributed by atoms with Crippen molar-refractivity contribution in [3.63, 3.8) is 0 Å². The van der Waals surface area contributed by atoms with Gasteiger partial charge in [-0.25, -0.2) is 0 Å². The van der Waals surface area contributed by atoms with Crippen molar-refractivity contribution in [2.45, 2.75) is 46.2 Å². The maximum atomic E-state index is 4.55. The smallest absolute Gasteiger partial charge is 0.0703 e. The Bertz CT molecular complexity index is 557. The highest BCUT2D eigenvalue weighted by Gasteiger charge is 2.10. The quantitative estimate of drug-likeness (QED) is 0.879. The normalized spacial score (nSPS) is 11.2. The second kappa shape index (κ2) is 6.66. The highest BCUT2D eigenvalue weighted by molar-refractivity contribution is 5.65. The van der Waals surface area contributed by atoms with Crippen molar-refractivity contribution in [2.24, 2.45) is 7.05 Å². The SMILES string of the molecule is CCCc1nn(C)cc1-c1cncc(CNC(C)C)c1. The van der Waals surface area contributed by atoms with E-state index in [1.165, 1.54) is 11.1 Å². The van der Waals surface area contributed by atoms with Crippen molar-refractivity contribution in [1.29, 1.82) is 0 Å². The van der Waals surface area contributed by atoms with E-state index < -0.39 is 0 Å². The topological polar surface area (TPSA) is 42.7 Å². The molecule has 0 atom stereocenters. The van der Waals surface area contributed by atoms with E-state index in [0.717, 1.165) is 30.6 Å². The molecule has 108 valence electrons. The summed E-state index contributed by atoms with van der Waals surface area (Å²) in [5.74, 6) is 0. The van der Waals surface area contributed by atoms with E-state index in [1.807, 2.05) is 24.1 Å². The number of pyridine rings is 1. The van der Waals surface area contributed by atoms with Crippen molar-refractivity contribution < 1.29 is 0 Å². The summed E-state index contributed by atoms with van der Waals surface area (Å²) in [7, 11) is 1.97. The molecular weight excluding hydrogens is 248 g/mol. The Labute approximate surface area is 121 Å². The summed E-state index contributed by atoms with van der Waals surface area (Å²) in [6.07, 6.45) is 8.04. The fourth-order valence-corrected chi connectivity index (χ4v) is 2.25. The van der Waals surface area contributed by atoms with E-state index in [2.05, 4.69) is 48.4 Å². The summed E-state index contributed by atoms with van der Waals surface area (Å²) in [6.45, 7) is 7.33. The number of hydrogen-bond acceptors (Lipinski definition) is 3. The van der Waals surface area contributed by atoms with Crippen LogP contribution in [0.5, 0.6) is 0 Å². The zero-order valence-electron chi connectivity index (χ0n) is 12.8. The third-order valence-corrected chi connectivity index (χ3v) is 3.21. The molecule has 0 spiro atoms. The third-order valence-electron chi connectivity index (χ3n) is 3.21. The van der Waals surface area contributed by atoms with Gasteiger partial charge < -0.3 is 5.32 Å². The lowest BCUT2D eigenvalue weighted by Gasteiger charge is -2.09. The number of rotatable bonds is 6. The van der Waals surface area contributed by atoms with E-state index in [4.69, 9.17) is 0 Å². The summed E-state index contributed by atoms with van der Waals surface area (Å²) < 4.78 is 1.89. The van der Waals surface area contributed by atoms with E-state index in [1.54, 1.807) is 0 Å². The third kappa shape index (κ3) is 3.67. The molecule has 4 nitrogen and oxygen atoms in total. The van der Waals surface area contributed by atoms with Gasteiger partial charge in [0.05, 0.1) is 5.69 Å². The van der Waals surface area contributed by atoms with Gasteiger partial charge in [-0.2, -0.15) is 5.10 Å². The van der Waals surface area contributed by atoms with Crippen LogP contribution in [0.2, 0.25) is 0 Å². The van der Waals surface area contributed by atoms with Crippen molar-refractivity contribution >= 4 is 0 Å². The summed E-state index contributed by atoms with van der Waals surface area (Å²) in [5.41, 5.74) is 4.73. The van der Waals surface area contributed by atoms with Gasteiger partial charge in [0.15, 0.2) is 0 Å². The molecule has 0 bridgehead atoms. The molecule has 0 aromatic carbocycles. The fourth-order valence-electron chi connectivity index (χ4n) is 2.25. The summed E-state index contributed by atoms with van der Waals surface area (Å²) >= 11 is 0. The lowest BCUT2D eigenvalue weighted by Crippen LogP contribution is -2.21. The van der Waals surface area contributed by atoms with Gasteiger partial charge in [0.2, 0.25) is 0 Å². The Morgan fingerprint density at radius 3 is 2.80 bits per heavy atom. The Kier molecular flexibility index (Phi) is 4.90. The summed E-state index contributed by atoms with van der Waals surface area (Å²) in [4.78, 5) is 4.37. The van der Waals surface area contributed by atoms with Crippen LogP contribution in [0.25, 0.3) is 11.1 Å². The average Bonchev–Trinajstić information content (AvgIpc) is 2.78. The number of hydrogen-bond donors (Lipinski definition) is 1. The van der Waals surface area contributed by atoms with Crippen molar-refractivity contribution in [3.05, 3.63) is 35.9 Å². The molecule has 0 fully saturated rings. The van der Waals surface area contributed by atoms with Crippen LogP contribution in [0.3, 0.4) is 0 Å². The zero-order chi connectivity index (χ0) is 14.5. The highest BCUT2D eigenvalue weighted by Crippen LogP contribution is 2.24. The second-order valence-corrected chi connectivity index (χ2v) is 5.53. The van der Waals surface area contributed by atoms with Crippen LogP contribution in [0, 0.1) is 0 Å². The molecule has 0 aliphatic carbocycles. The van der Waals surface area contributed by atoms with Crippen LogP contribution in [0.15, 0.2) is 24.7 Å². The Hall–Kier alpha value is -1.68. The molecule has 0 saturated carbocycles.